The third kappa shape index (κ3) is 2.13. The van der Waals surface area contributed by atoms with Gasteiger partial charge in [-0.15, -0.1) is 0 Å². The third-order valence-electron chi connectivity index (χ3n) is 5.31. The van der Waals surface area contributed by atoms with Crippen molar-refractivity contribution in [1.82, 2.24) is 14.3 Å². The molecular formula is C18H23N3O. The van der Waals surface area contributed by atoms with Gasteiger partial charge in [0.15, 0.2) is 0 Å². The van der Waals surface area contributed by atoms with E-state index in [4.69, 9.17) is 0 Å². The zero-order valence-corrected chi connectivity index (χ0v) is 13.5. The molecule has 4 heteroatoms. The molecule has 2 aromatic rings. The van der Waals surface area contributed by atoms with Gasteiger partial charge in [-0.25, -0.2) is 4.98 Å². The minimum atomic E-state index is 0.169. The van der Waals surface area contributed by atoms with Gasteiger partial charge in [-0.3, -0.25) is 4.79 Å². The van der Waals surface area contributed by atoms with E-state index >= 15 is 0 Å². The van der Waals surface area contributed by atoms with Crippen molar-refractivity contribution in [3.05, 3.63) is 36.3 Å². The van der Waals surface area contributed by atoms with E-state index in [1.165, 1.54) is 6.42 Å². The molecule has 1 saturated heterocycles. The van der Waals surface area contributed by atoms with Crippen LogP contribution in [0.3, 0.4) is 0 Å². The highest BCUT2D eigenvalue weighted by atomic mass is 16.2. The van der Waals surface area contributed by atoms with Gasteiger partial charge in [-0.05, 0) is 42.2 Å². The van der Waals surface area contributed by atoms with E-state index in [0.717, 1.165) is 30.6 Å². The first-order chi connectivity index (χ1) is 10.4. The maximum atomic E-state index is 13.0. The lowest BCUT2D eigenvalue weighted by Crippen LogP contribution is -2.37. The summed E-state index contributed by atoms with van der Waals surface area (Å²) in [7, 11) is 0. The Balaban J connectivity index is 1.65. The van der Waals surface area contributed by atoms with Gasteiger partial charge in [-0.2, -0.15) is 0 Å². The maximum absolute atomic E-state index is 13.0. The molecule has 1 aliphatic carbocycles. The number of carbonyl (C=O) groups is 1. The summed E-state index contributed by atoms with van der Waals surface area (Å²) in [6.45, 7) is 7.90. The second-order valence-electron chi connectivity index (χ2n) is 8.26. The van der Waals surface area contributed by atoms with Crippen LogP contribution in [0, 0.1) is 10.8 Å². The zero-order chi connectivity index (χ0) is 15.5. The fraction of sp³-hybridized carbons (Fsp3) is 0.556. The van der Waals surface area contributed by atoms with E-state index in [2.05, 4.69) is 30.7 Å². The Morgan fingerprint density at radius 3 is 2.91 bits per heavy atom. The molecule has 1 amide bonds. The summed E-state index contributed by atoms with van der Waals surface area (Å²) >= 11 is 0. The van der Waals surface area contributed by atoms with Gasteiger partial charge in [0.2, 0.25) is 0 Å². The van der Waals surface area contributed by atoms with Crippen molar-refractivity contribution in [3.8, 4) is 0 Å². The molecule has 2 aliphatic rings. The van der Waals surface area contributed by atoms with Gasteiger partial charge in [-0.1, -0.05) is 20.8 Å². The van der Waals surface area contributed by atoms with Gasteiger partial charge in [0.25, 0.3) is 5.91 Å². The summed E-state index contributed by atoms with van der Waals surface area (Å²) in [5.74, 6) is 0.169. The number of aromatic nitrogens is 2. The largest absolute Gasteiger partial charge is 0.335 e. The van der Waals surface area contributed by atoms with Crippen molar-refractivity contribution in [3.63, 3.8) is 0 Å². The first-order valence-electron chi connectivity index (χ1n) is 8.09. The molecule has 22 heavy (non-hydrogen) atoms. The Morgan fingerprint density at radius 1 is 1.27 bits per heavy atom. The smallest absolute Gasteiger partial charge is 0.255 e. The molecule has 2 atom stereocenters. The van der Waals surface area contributed by atoms with Gasteiger partial charge in [0.05, 0.1) is 5.56 Å². The summed E-state index contributed by atoms with van der Waals surface area (Å²) in [6, 6.07) is 4.21. The fourth-order valence-electron chi connectivity index (χ4n) is 4.91. The first kappa shape index (κ1) is 13.8. The van der Waals surface area contributed by atoms with Crippen molar-refractivity contribution >= 4 is 11.6 Å². The van der Waals surface area contributed by atoms with Crippen molar-refractivity contribution < 1.29 is 4.79 Å². The van der Waals surface area contributed by atoms with Gasteiger partial charge >= 0.3 is 0 Å². The molecule has 2 bridgehead atoms. The summed E-state index contributed by atoms with van der Waals surface area (Å²) in [5.41, 5.74) is 2.26. The van der Waals surface area contributed by atoms with Crippen LogP contribution >= 0.6 is 0 Å². The van der Waals surface area contributed by atoms with Crippen LogP contribution in [0.5, 0.6) is 0 Å². The van der Waals surface area contributed by atoms with Crippen LogP contribution in [-0.4, -0.2) is 32.8 Å². The Labute approximate surface area is 131 Å². The number of imidazole rings is 1. The molecular weight excluding hydrogens is 274 g/mol. The monoisotopic (exact) mass is 297 g/mol. The van der Waals surface area contributed by atoms with Crippen LogP contribution in [0.4, 0.5) is 0 Å². The van der Waals surface area contributed by atoms with E-state index < -0.39 is 0 Å². The Hall–Kier alpha value is -1.84. The maximum Gasteiger partial charge on any atom is 0.255 e. The lowest BCUT2D eigenvalue weighted by Gasteiger charge is -2.39. The second-order valence-corrected chi connectivity index (χ2v) is 8.26. The summed E-state index contributed by atoms with van der Waals surface area (Å²) in [4.78, 5) is 19.4. The van der Waals surface area contributed by atoms with Crippen LogP contribution in [0.15, 0.2) is 30.7 Å². The number of carbonyl (C=O) groups excluding carboxylic acids is 1. The summed E-state index contributed by atoms with van der Waals surface area (Å²) in [5, 5.41) is 0. The van der Waals surface area contributed by atoms with Crippen LogP contribution in [0.25, 0.3) is 5.65 Å². The lowest BCUT2D eigenvalue weighted by atomic mass is 9.65. The van der Waals surface area contributed by atoms with Gasteiger partial charge in [0, 0.05) is 31.2 Å². The molecule has 0 unspecified atom stereocenters. The molecule has 116 valence electrons. The van der Waals surface area contributed by atoms with Gasteiger partial charge in [0.1, 0.15) is 5.65 Å². The zero-order valence-electron chi connectivity index (χ0n) is 13.5. The summed E-state index contributed by atoms with van der Waals surface area (Å²) in [6.07, 6.45) is 9.02. The first-order valence-corrected chi connectivity index (χ1v) is 8.09. The molecule has 4 rings (SSSR count). The SMILES string of the molecule is CC1(C)C[C@@H]2C[C@@](C)(CN2C(=O)c2ccc3nccn3c2)C1. The second kappa shape index (κ2) is 4.34. The minimum Gasteiger partial charge on any atom is -0.335 e. The number of nitrogens with zero attached hydrogens (tertiary/aromatic N) is 3. The Bertz CT molecular complexity index is 748. The number of rotatable bonds is 1. The highest BCUT2D eigenvalue weighted by Gasteiger charge is 2.51. The van der Waals surface area contributed by atoms with E-state index in [-0.39, 0.29) is 11.3 Å². The van der Waals surface area contributed by atoms with Crippen LogP contribution in [0.1, 0.15) is 50.4 Å². The number of likely N-dealkylation sites (tertiary alicyclic amines) is 1. The Kier molecular flexibility index (Phi) is 2.72. The number of hydrogen-bond acceptors (Lipinski definition) is 2. The van der Waals surface area contributed by atoms with Crippen LogP contribution in [-0.2, 0) is 0 Å². The van der Waals surface area contributed by atoms with Crippen molar-refractivity contribution in [1.29, 1.82) is 0 Å². The quantitative estimate of drug-likeness (QED) is 0.809. The molecule has 1 saturated carbocycles. The topological polar surface area (TPSA) is 37.6 Å². The number of hydrogen-bond donors (Lipinski definition) is 0. The van der Waals surface area contributed by atoms with Crippen molar-refractivity contribution in [2.75, 3.05) is 6.54 Å². The van der Waals surface area contributed by atoms with Crippen molar-refractivity contribution in [2.24, 2.45) is 10.8 Å². The molecule has 1 aliphatic heterocycles. The highest BCUT2D eigenvalue weighted by molar-refractivity contribution is 5.94. The Morgan fingerprint density at radius 2 is 2.09 bits per heavy atom. The molecule has 0 spiro atoms. The highest BCUT2D eigenvalue weighted by Crippen LogP contribution is 2.52. The number of pyridine rings is 1. The van der Waals surface area contributed by atoms with E-state index in [1.54, 1.807) is 6.20 Å². The number of fused-ring (bicyclic) bond motifs is 3. The van der Waals surface area contributed by atoms with Crippen LogP contribution in [0.2, 0.25) is 0 Å². The number of amides is 1. The molecule has 0 aromatic carbocycles. The van der Waals surface area contributed by atoms with Crippen LogP contribution < -0.4 is 0 Å². The predicted octanol–water partition coefficient (Wildman–Crippen LogP) is 3.38. The average molecular weight is 297 g/mol. The average Bonchev–Trinajstić information content (AvgIpc) is 2.97. The normalized spacial score (nSPS) is 30.0. The molecule has 3 heterocycles. The molecule has 2 aromatic heterocycles. The molecule has 0 radical (unpaired) electrons. The third-order valence-corrected chi connectivity index (χ3v) is 5.31. The minimum absolute atomic E-state index is 0.169. The standard InChI is InChI=1S/C18H23N3O/c1-17(2)8-14-9-18(3,11-17)12-21(14)16(22)13-4-5-15-19-6-7-20(15)10-13/h4-7,10,14H,8-9,11-12H2,1-3H3/t14-,18-/m1/s1. The molecule has 4 nitrogen and oxygen atoms in total. The lowest BCUT2D eigenvalue weighted by molar-refractivity contribution is 0.0707. The van der Waals surface area contributed by atoms with Gasteiger partial charge < -0.3 is 9.30 Å². The van der Waals surface area contributed by atoms with E-state index in [9.17, 15) is 4.79 Å². The predicted molar refractivity (Wildman–Crippen MR) is 85.8 cm³/mol. The van der Waals surface area contributed by atoms with E-state index in [0.29, 0.717) is 11.5 Å². The van der Waals surface area contributed by atoms with Crippen molar-refractivity contribution in [2.45, 2.75) is 46.1 Å². The fourth-order valence-corrected chi connectivity index (χ4v) is 4.91. The molecule has 0 N–H and O–H groups in total. The summed E-state index contributed by atoms with van der Waals surface area (Å²) < 4.78 is 1.92. The molecule has 2 fully saturated rings. The van der Waals surface area contributed by atoms with E-state index in [1.807, 2.05) is 28.9 Å².